The summed E-state index contributed by atoms with van der Waals surface area (Å²) in [6, 6.07) is 5.87. The Bertz CT molecular complexity index is 1620. The SMILES string of the molecule is CC.CCc1cc(-c2ccc(NS(=O)(=O)CCC(C)(F)F)c(F)c2)nc2cnc(NC3CCC(NC(=O)OC(C)(C)C)CC3)nc12.[HH].[HH].[HH]. The number of anilines is 2. The van der Waals surface area contributed by atoms with Gasteiger partial charge >= 0.3 is 6.09 Å². The van der Waals surface area contributed by atoms with E-state index in [1.54, 1.807) is 12.3 Å². The van der Waals surface area contributed by atoms with Crippen LogP contribution >= 0.6 is 0 Å². The van der Waals surface area contributed by atoms with Crippen molar-refractivity contribution in [2.75, 3.05) is 15.8 Å². The number of hydrogen-bond donors (Lipinski definition) is 3. The van der Waals surface area contributed by atoms with E-state index >= 15 is 0 Å². The number of alkyl carbamates (subject to hydrolysis) is 1. The number of sulfonamides is 1. The van der Waals surface area contributed by atoms with Crippen LogP contribution in [0.25, 0.3) is 22.3 Å². The van der Waals surface area contributed by atoms with Crippen molar-refractivity contribution in [3.8, 4) is 11.3 Å². The first-order chi connectivity index (χ1) is 21.5. The molecule has 3 aromatic rings. The first kappa shape index (κ1) is 36.8. The first-order valence-corrected chi connectivity index (χ1v) is 17.3. The number of amides is 1. The average Bonchev–Trinajstić information content (AvgIpc) is 2.97. The van der Waals surface area contributed by atoms with Gasteiger partial charge in [-0.2, -0.15) is 0 Å². The van der Waals surface area contributed by atoms with E-state index in [4.69, 9.17) is 9.72 Å². The summed E-state index contributed by atoms with van der Waals surface area (Å²) in [6.45, 7) is 12.1. The number of hydrogen-bond acceptors (Lipinski definition) is 8. The zero-order valence-electron chi connectivity index (χ0n) is 27.5. The van der Waals surface area contributed by atoms with Gasteiger partial charge in [0.1, 0.15) is 16.9 Å². The highest BCUT2D eigenvalue weighted by atomic mass is 32.2. The maximum atomic E-state index is 14.9. The fourth-order valence-corrected chi connectivity index (χ4v) is 6.13. The van der Waals surface area contributed by atoms with Gasteiger partial charge in [-0.05, 0) is 83.6 Å². The Labute approximate surface area is 273 Å². The second-order valence-electron chi connectivity index (χ2n) is 12.2. The number of fused-ring (bicyclic) bond motifs is 1. The smallest absolute Gasteiger partial charge is 0.407 e. The Morgan fingerprint density at radius 3 is 2.28 bits per heavy atom. The number of nitrogens with zero attached hydrogens (tertiary/aromatic N) is 3. The van der Waals surface area contributed by atoms with E-state index in [1.807, 2.05) is 46.3 Å². The number of rotatable bonds is 10. The molecule has 0 aliphatic heterocycles. The molecule has 10 nitrogen and oxygen atoms in total. The highest BCUT2D eigenvalue weighted by molar-refractivity contribution is 7.92. The minimum Gasteiger partial charge on any atom is -0.444 e. The molecule has 4 rings (SSSR count). The van der Waals surface area contributed by atoms with Crippen LogP contribution in [0.3, 0.4) is 0 Å². The second kappa shape index (κ2) is 15.3. The van der Waals surface area contributed by atoms with Crippen molar-refractivity contribution in [3.05, 3.63) is 41.8 Å². The van der Waals surface area contributed by atoms with Crippen LogP contribution in [-0.4, -0.2) is 58.8 Å². The first-order valence-electron chi connectivity index (χ1n) is 15.6. The number of carbonyl (C=O) groups is 1. The standard InChI is InChI=1S/C30H39F3N6O4S.C2H6.3H2/c1-6-18-16-24(19-7-12-23(22(31)15-19)39-44(41,42)14-13-30(5,32)33)37-25-17-34-27(38-26(18)25)35-20-8-10-21(11-9-20)36-28(40)43-29(2,3)4;1-2;;;/h7,12,15-17,20-21,39H,6,8-11,13-14H2,1-5H3,(H,36,40)(H,34,35,38);1-2H3;3*1H. The number of carbonyl (C=O) groups excluding carboxylic acids is 1. The number of benzene rings is 1. The zero-order valence-corrected chi connectivity index (χ0v) is 28.3. The summed E-state index contributed by atoms with van der Waals surface area (Å²) in [5.74, 6) is -4.39. The van der Waals surface area contributed by atoms with Gasteiger partial charge in [0.25, 0.3) is 0 Å². The Balaban J connectivity index is 0.00000452. The van der Waals surface area contributed by atoms with Gasteiger partial charge in [0.05, 0.1) is 28.8 Å². The summed E-state index contributed by atoms with van der Waals surface area (Å²) in [7, 11) is -4.17. The molecule has 1 saturated carbocycles. The van der Waals surface area contributed by atoms with Gasteiger partial charge in [0.2, 0.25) is 21.9 Å². The lowest BCUT2D eigenvalue weighted by molar-refractivity contribution is 0.0189. The lowest BCUT2D eigenvalue weighted by Crippen LogP contribution is -2.42. The van der Waals surface area contributed by atoms with Crippen molar-refractivity contribution in [1.82, 2.24) is 20.3 Å². The summed E-state index contributed by atoms with van der Waals surface area (Å²) in [6.07, 6.45) is 4.16. The fourth-order valence-electron chi connectivity index (χ4n) is 4.90. The molecule has 0 radical (unpaired) electrons. The van der Waals surface area contributed by atoms with E-state index in [-0.39, 0.29) is 22.1 Å². The van der Waals surface area contributed by atoms with Gasteiger partial charge < -0.3 is 15.4 Å². The lowest BCUT2D eigenvalue weighted by Gasteiger charge is -2.30. The average molecular weight is 673 g/mol. The molecule has 2 aromatic heterocycles. The minimum atomic E-state index is -4.17. The van der Waals surface area contributed by atoms with Crippen molar-refractivity contribution >= 4 is 38.8 Å². The molecule has 0 saturated heterocycles. The van der Waals surface area contributed by atoms with Crippen molar-refractivity contribution in [1.29, 1.82) is 0 Å². The number of aryl methyl sites for hydroxylation is 1. The molecule has 1 fully saturated rings. The topological polar surface area (TPSA) is 135 Å². The van der Waals surface area contributed by atoms with Crippen LogP contribution in [0.5, 0.6) is 0 Å². The molecule has 1 amide bonds. The molecule has 3 N–H and O–H groups in total. The quantitative estimate of drug-likeness (QED) is 0.196. The van der Waals surface area contributed by atoms with Crippen molar-refractivity contribution in [3.63, 3.8) is 0 Å². The Morgan fingerprint density at radius 2 is 1.70 bits per heavy atom. The predicted molar refractivity (Wildman–Crippen MR) is 181 cm³/mol. The second-order valence-corrected chi connectivity index (χ2v) is 14.1. The Kier molecular flexibility index (Phi) is 12.2. The van der Waals surface area contributed by atoms with Crippen molar-refractivity contribution in [2.45, 2.75) is 111 Å². The number of halogens is 3. The molecule has 0 atom stereocenters. The van der Waals surface area contributed by atoms with Gasteiger partial charge in [-0.15, -0.1) is 0 Å². The lowest BCUT2D eigenvalue weighted by atomic mass is 9.91. The highest BCUT2D eigenvalue weighted by Gasteiger charge is 2.27. The number of ether oxygens (including phenoxy) is 1. The number of nitrogens with one attached hydrogen (secondary N) is 3. The van der Waals surface area contributed by atoms with E-state index in [0.717, 1.165) is 37.3 Å². The largest absolute Gasteiger partial charge is 0.444 e. The molecule has 1 aliphatic carbocycles. The van der Waals surface area contributed by atoms with Gasteiger partial charge in [-0.25, -0.2) is 41.3 Å². The number of aromatic nitrogens is 3. The van der Waals surface area contributed by atoms with Crippen LogP contribution < -0.4 is 15.4 Å². The van der Waals surface area contributed by atoms with E-state index in [9.17, 15) is 26.4 Å². The van der Waals surface area contributed by atoms with Crippen molar-refractivity contribution in [2.24, 2.45) is 0 Å². The molecule has 0 bridgehead atoms. The molecule has 1 aliphatic rings. The van der Waals surface area contributed by atoms with Crippen LogP contribution in [0.4, 0.5) is 29.6 Å². The minimum absolute atomic E-state index is 0. The molecule has 260 valence electrons. The number of pyridine rings is 1. The zero-order chi connectivity index (χ0) is 34.3. The van der Waals surface area contributed by atoms with Gasteiger partial charge in [-0.3, -0.25) is 4.72 Å². The van der Waals surface area contributed by atoms with Crippen LogP contribution in [0.2, 0.25) is 0 Å². The molecular formula is C32H51F3N6O4S. The summed E-state index contributed by atoms with van der Waals surface area (Å²) in [5.41, 5.74) is 2.01. The van der Waals surface area contributed by atoms with Gasteiger partial charge in [0.15, 0.2) is 0 Å². The molecule has 0 unspecified atom stereocenters. The van der Waals surface area contributed by atoms with Crippen LogP contribution in [0.15, 0.2) is 30.5 Å². The van der Waals surface area contributed by atoms with Crippen LogP contribution in [0.1, 0.15) is 90.4 Å². The van der Waals surface area contributed by atoms with Crippen LogP contribution in [0, 0.1) is 5.82 Å². The summed E-state index contributed by atoms with van der Waals surface area (Å²) in [5, 5.41) is 6.33. The highest BCUT2D eigenvalue weighted by Crippen LogP contribution is 2.29. The monoisotopic (exact) mass is 672 g/mol. The normalized spacial score (nSPS) is 17.1. The Hall–Kier alpha value is -3.68. The Morgan fingerprint density at radius 1 is 1.04 bits per heavy atom. The third-order valence-corrected chi connectivity index (χ3v) is 8.40. The van der Waals surface area contributed by atoms with E-state index in [0.29, 0.717) is 41.6 Å². The molecule has 1 aromatic carbocycles. The molecule has 14 heteroatoms. The maximum absolute atomic E-state index is 14.9. The molecule has 2 heterocycles. The molecular weight excluding hydrogens is 621 g/mol. The van der Waals surface area contributed by atoms with Gasteiger partial charge in [-0.1, -0.05) is 26.8 Å². The van der Waals surface area contributed by atoms with Gasteiger partial charge in [0, 0.05) is 28.3 Å². The van der Waals surface area contributed by atoms with Crippen LogP contribution in [-0.2, 0) is 21.2 Å². The third-order valence-electron chi connectivity index (χ3n) is 7.13. The fraction of sp³-hybridized carbons (Fsp3) is 0.562. The third kappa shape index (κ3) is 11.0. The van der Waals surface area contributed by atoms with E-state index in [1.165, 1.54) is 12.1 Å². The predicted octanol–water partition coefficient (Wildman–Crippen LogP) is 8.19. The molecule has 46 heavy (non-hydrogen) atoms. The number of alkyl halides is 2. The summed E-state index contributed by atoms with van der Waals surface area (Å²) < 4.78 is 72.8. The molecule has 0 spiro atoms. The summed E-state index contributed by atoms with van der Waals surface area (Å²) in [4.78, 5) is 25.9. The van der Waals surface area contributed by atoms with E-state index < -0.39 is 45.6 Å². The van der Waals surface area contributed by atoms with Crippen molar-refractivity contribution < 1.29 is 35.4 Å². The summed E-state index contributed by atoms with van der Waals surface area (Å²) >= 11 is 0. The maximum Gasteiger partial charge on any atom is 0.407 e. The van der Waals surface area contributed by atoms with E-state index in [2.05, 4.69) is 20.6 Å².